The van der Waals surface area contributed by atoms with E-state index in [0.29, 0.717) is 18.7 Å². The van der Waals surface area contributed by atoms with Crippen molar-refractivity contribution in [2.75, 3.05) is 5.32 Å². The molecule has 30 heavy (non-hydrogen) atoms. The Morgan fingerprint density at radius 3 is 2.33 bits per heavy atom. The van der Waals surface area contributed by atoms with Gasteiger partial charge in [0.1, 0.15) is 11.9 Å². The highest BCUT2D eigenvalue weighted by Gasteiger charge is 2.50. The molecular formula is C21H28N4O5. The molecule has 0 radical (unpaired) electrons. The number of anilines is 1. The zero-order chi connectivity index (χ0) is 22.0. The number of carbonyl (C=O) groups is 4. The van der Waals surface area contributed by atoms with Gasteiger partial charge >= 0.3 is 5.97 Å². The van der Waals surface area contributed by atoms with Gasteiger partial charge in [0.05, 0.1) is 24.1 Å². The number of hydrogen-bond acceptors (Lipinski definition) is 6. The fourth-order valence-corrected chi connectivity index (χ4v) is 3.80. The van der Waals surface area contributed by atoms with Crippen LogP contribution in [0.3, 0.4) is 0 Å². The molecular weight excluding hydrogens is 388 g/mol. The van der Waals surface area contributed by atoms with Gasteiger partial charge in [-0.25, -0.2) is 9.48 Å². The molecule has 2 heterocycles. The van der Waals surface area contributed by atoms with Gasteiger partial charge in [0, 0.05) is 6.07 Å². The van der Waals surface area contributed by atoms with Crippen molar-refractivity contribution in [3.8, 4) is 0 Å². The van der Waals surface area contributed by atoms with Crippen molar-refractivity contribution in [3.63, 3.8) is 0 Å². The molecule has 0 unspecified atom stereocenters. The summed E-state index contributed by atoms with van der Waals surface area (Å²) in [6, 6.07) is 0.674. The standard InChI is InChI=1S/C21H28N4O5/c1-5-12(2)25-17(10-11-22-25)23-18(26)14(4)30-21(29)13(3)24-19(27)15-8-6-7-9-16(15)20(24)28/h6-7,10-16H,5,8-9H2,1-4H3,(H,23,26)/t12-,13-,14-,15-,16+/m1/s1. The predicted octanol–water partition coefficient (Wildman–Crippen LogP) is 2.06. The van der Waals surface area contributed by atoms with Crippen molar-refractivity contribution in [2.45, 2.75) is 65.1 Å². The number of esters is 1. The molecule has 162 valence electrons. The minimum absolute atomic E-state index is 0.0957. The van der Waals surface area contributed by atoms with E-state index in [1.165, 1.54) is 13.8 Å². The molecule has 0 spiro atoms. The molecule has 0 aromatic carbocycles. The molecule has 1 aromatic heterocycles. The number of carbonyl (C=O) groups excluding carboxylic acids is 4. The third-order valence-corrected chi connectivity index (χ3v) is 5.86. The maximum absolute atomic E-state index is 12.6. The molecule has 1 aromatic rings. The van der Waals surface area contributed by atoms with Crippen LogP contribution in [0.25, 0.3) is 0 Å². The molecule has 1 aliphatic heterocycles. The van der Waals surface area contributed by atoms with E-state index in [1.807, 2.05) is 26.0 Å². The number of fused-ring (bicyclic) bond motifs is 1. The average Bonchev–Trinajstić information content (AvgIpc) is 3.29. The SMILES string of the molecule is CC[C@@H](C)n1nccc1NC(=O)[C@@H](C)OC(=O)[C@@H](C)N1C(=O)[C@H]2CC=CC[C@H]2C1=O. The number of amides is 3. The van der Waals surface area contributed by atoms with Gasteiger partial charge in [-0.05, 0) is 40.0 Å². The molecule has 3 rings (SSSR count). The first kappa shape index (κ1) is 21.7. The van der Waals surface area contributed by atoms with Crippen molar-refractivity contribution in [1.82, 2.24) is 14.7 Å². The number of imide groups is 1. The lowest BCUT2D eigenvalue weighted by Crippen LogP contribution is -2.46. The first-order chi connectivity index (χ1) is 14.3. The largest absolute Gasteiger partial charge is 0.451 e. The molecule has 9 heteroatoms. The third kappa shape index (κ3) is 4.01. The summed E-state index contributed by atoms with van der Waals surface area (Å²) in [6.45, 7) is 6.88. The first-order valence-electron chi connectivity index (χ1n) is 10.3. The summed E-state index contributed by atoms with van der Waals surface area (Å²) < 4.78 is 6.96. The Hall–Kier alpha value is -2.97. The van der Waals surface area contributed by atoms with Gasteiger partial charge < -0.3 is 10.1 Å². The van der Waals surface area contributed by atoms with E-state index in [2.05, 4.69) is 10.4 Å². The lowest BCUT2D eigenvalue weighted by atomic mass is 9.85. The Labute approximate surface area is 175 Å². The highest BCUT2D eigenvalue weighted by Crippen LogP contribution is 2.36. The summed E-state index contributed by atoms with van der Waals surface area (Å²) in [6.07, 6.45) is 6.08. The van der Waals surface area contributed by atoms with Crippen molar-refractivity contribution >= 4 is 29.5 Å². The van der Waals surface area contributed by atoms with Crippen molar-refractivity contribution in [2.24, 2.45) is 11.8 Å². The van der Waals surface area contributed by atoms with Gasteiger partial charge in [0.15, 0.2) is 6.10 Å². The smallest absolute Gasteiger partial charge is 0.329 e. The second kappa shape index (κ2) is 8.81. The lowest BCUT2D eigenvalue weighted by molar-refractivity contribution is -0.163. The quantitative estimate of drug-likeness (QED) is 0.414. The molecule has 2 aliphatic rings. The monoisotopic (exact) mass is 416 g/mol. The minimum atomic E-state index is -1.10. The molecule has 0 bridgehead atoms. The highest BCUT2D eigenvalue weighted by atomic mass is 16.5. The van der Waals surface area contributed by atoms with E-state index in [4.69, 9.17) is 4.74 Å². The number of hydrogen-bond donors (Lipinski definition) is 1. The Morgan fingerprint density at radius 2 is 1.77 bits per heavy atom. The van der Waals surface area contributed by atoms with E-state index >= 15 is 0 Å². The van der Waals surface area contributed by atoms with Crippen molar-refractivity contribution in [1.29, 1.82) is 0 Å². The highest BCUT2D eigenvalue weighted by molar-refractivity contribution is 6.08. The second-order valence-electron chi connectivity index (χ2n) is 7.86. The van der Waals surface area contributed by atoms with Gasteiger partial charge in [0.25, 0.3) is 5.91 Å². The Morgan fingerprint density at radius 1 is 1.17 bits per heavy atom. The fraction of sp³-hybridized carbons (Fsp3) is 0.571. The zero-order valence-electron chi connectivity index (χ0n) is 17.7. The normalized spacial score (nSPS) is 23.7. The zero-order valence-corrected chi connectivity index (χ0v) is 17.7. The number of likely N-dealkylation sites (tertiary alicyclic amines) is 1. The maximum Gasteiger partial charge on any atom is 0.329 e. The molecule has 9 nitrogen and oxygen atoms in total. The molecule has 5 atom stereocenters. The van der Waals surface area contributed by atoms with Crippen LogP contribution in [-0.4, -0.2) is 50.5 Å². The molecule has 1 N–H and O–H groups in total. The van der Waals surface area contributed by atoms with Gasteiger partial charge in [-0.3, -0.25) is 19.3 Å². The number of nitrogens with one attached hydrogen (secondary N) is 1. The minimum Gasteiger partial charge on any atom is -0.451 e. The van der Waals surface area contributed by atoms with Crippen LogP contribution < -0.4 is 5.32 Å². The van der Waals surface area contributed by atoms with Crippen LogP contribution in [0.4, 0.5) is 5.82 Å². The number of rotatable bonds is 7. The summed E-state index contributed by atoms with van der Waals surface area (Å²) in [7, 11) is 0. The Balaban J connectivity index is 1.61. The van der Waals surface area contributed by atoms with Crippen LogP contribution >= 0.6 is 0 Å². The third-order valence-electron chi connectivity index (χ3n) is 5.86. The Bertz CT molecular complexity index is 851. The summed E-state index contributed by atoms with van der Waals surface area (Å²) in [5.74, 6) is -2.34. The second-order valence-corrected chi connectivity index (χ2v) is 7.86. The molecule has 1 saturated heterocycles. The number of aromatic nitrogens is 2. The Kier molecular flexibility index (Phi) is 6.38. The van der Waals surface area contributed by atoms with Gasteiger partial charge in [0.2, 0.25) is 11.8 Å². The average molecular weight is 416 g/mol. The summed E-state index contributed by atoms with van der Waals surface area (Å²) in [4.78, 5) is 51.3. The van der Waals surface area contributed by atoms with Crippen LogP contribution in [0.5, 0.6) is 0 Å². The van der Waals surface area contributed by atoms with Gasteiger partial charge in [-0.2, -0.15) is 5.10 Å². The maximum atomic E-state index is 12.6. The summed E-state index contributed by atoms with van der Waals surface area (Å²) in [5.41, 5.74) is 0. The number of allylic oxidation sites excluding steroid dienone is 2. The first-order valence-corrected chi connectivity index (χ1v) is 10.3. The van der Waals surface area contributed by atoms with Crippen LogP contribution in [0.2, 0.25) is 0 Å². The van der Waals surface area contributed by atoms with Crippen LogP contribution in [0.15, 0.2) is 24.4 Å². The van der Waals surface area contributed by atoms with E-state index in [0.717, 1.165) is 11.3 Å². The van der Waals surface area contributed by atoms with Crippen LogP contribution in [-0.2, 0) is 23.9 Å². The molecule has 3 amide bonds. The number of ether oxygens (including phenoxy) is 1. The van der Waals surface area contributed by atoms with E-state index in [1.54, 1.807) is 16.9 Å². The van der Waals surface area contributed by atoms with E-state index in [9.17, 15) is 19.2 Å². The molecule has 0 saturated carbocycles. The molecule has 1 fully saturated rings. The number of nitrogens with zero attached hydrogens (tertiary/aromatic N) is 3. The predicted molar refractivity (Wildman–Crippen MR) is 108 cm³/mol. The van der Waals surface area contributed by atoms with E-state index < -0.39 is 35.9 Å². The molecule has 1 aliphatic carbocycles. The van der Waals surface area contributed by atoms with Crippen LogP contribution in [0, 0.1) is 11.8 Å². The van der Waals surface area contributed by atoms with Crippen molar-refractivity contribution in [3.05, 3.63) is 24.4 Å². The van der Waals surface area contributed by atoms with E-state index in [-0.39, 0.29) is 17.9 Å². The van der Waals surface area contributed by atoms with Crippen LogP contribution in [0.1, 0.15) is 53.0 Å². The summed E-state index contributed by atoms with van der Waals surface area (Å²) in [5, 5.41) is 6.91. The lowest BCUT2D eigenvalue weighted by Gasteiger charge is -2.23. The fourth-order valence-electron chi connectivity index (χ4n) is 3.80. The van der Waals surface area contributed by atoms with Gasteiger partial charge in [-0.1, -0.05) is 19.1 Å². The van der Waals surface area contributed by atoms with Gasteiger partial charge in [-0.15, -0.1) is 0 Å². The summed E-state index contributed by atoms with van der Waals surface area (Å²) >= 11 is 0. The topological polar surface area (TPSA) is 111 Å². The van der Waals surface area contributed by atoms with Crippen molar-refractivity contribution < 1.29 is 23.9 Å².